The molecule has 7 nitrogen and oxygen atoms in total. The molecule has 0 bridgehead atoms. The van der Waals surface area contributed by atoms with Gasteiger partial charge in [-0.1, -0.05) is 26.0 Å². The van der Waals surface area contributed by atoms with Crippen molar-refractivity contribution in [3.63, 3.8) is 0 Å². The SMILES string of the molecule is Cc1cccc(NC(=O)NCC(=O)NC2CCN(C(=O)CC(C)C)CC2)c1. The maximum absolute atomic E-state index is 12.1. The summed E-state index contributed by atoms with van der Waals surface area (Å²) in [5, 5.41) is 8.19. The van der Waals surface area contributed by atoms with Crippen LogP contribution < -0.4 is 16.0 Å². The molecule has 1 aromatic rings. The first-order chi connectivity index (χ1) is 12.8. The van der Waals surface area contributed by atoms with E-state index in [1.165, 1.54) is 0 Å². The number of aryl methyl sites for hydroxylation is 1. The van der Waals surface area contributed by atoms with E-state index in [4.69, 9.17) is 0 Å². The second-order valence-corrected chi connectivity index (χ2v) is 7.50. The van der Waals surface area contributed by atoms with Gasteiger partial charge in [0.2, 0.25) is 11.8 Å². The van der Waals surface area contributed by atoms with Crippen LogP contribution in [0.4, 0.5) is 10.5 Å². The zero-order valence-electron chi connectivity index (χ0n) is 16.4. The van der Waals surface area contributed by atoms with E-state index in [0.717, 1.165) is 18.4 Å². The zero-order chi connectivity index (χ0) is 19.8. The van der Waals surface area contributed by atoms with E-state index in [0.29, 0.717) is 31.1 Å². The third kappa shape index (κ3) is 7.29. The van der Waals surface area contributed by atoms with E-state index in [9.17, 15) is 14.4 Å². The summed E-state index contributed by atoms with van der Waals surface area (Å²) in [6.45, 7) is 7.26. The minimum Gasteiger partial charge on any atom is -0.352 e. The van der Waals surface area contributed by atoms with Crippen molar-refractivity contribution in [2.75, 3.05) is 25.0 Å². The lowest BCUT2D eigenvalue weighted by Crippen LogP contribution is -2.49. The summed E-state index contributed by atoms with van der Waals surface area (Å²) in [6.07, 6.45) is 2.05. The molecule has 27 heavy (non-hydrogen) atoms. The first-order valence-electron chi connectivity index (χ1n) is 9.52. The van der Waals surface area contributed by atoms with Gasteiger partial charge >= 0.3 is 6.03 Å². The molecule has 0 radical (unpaired) electrons. The Hall–Kier alpha value is -2.57. The van der Waals surface area contributed by atoms with Crippen molar-refractivity contribution in [3.8, 4) is 0 Å². The number of hydrogen-bond acceptors (Lipinski definition) is 3. The first kappa shape index (κ1) is 20.7. The van der Waals surface area contributed by atoms with Crippen LogP contribution in [0.25, 0.3) is 0 Å². The Kier molecular flexibility index (Phi) is 7.64. The molecule has 4 amide bonds. The van der Waals surface area contributed by atoms with Gasteiger partial charge in [-0.3, -0.25) is 9.59 Å². The fourth-order valence-corrected chi connectivity index (χ4v) is 3.09. The van der Waals surface area contributed by atoms with Crippen LogP contribution in [0, 0.1) is 12.8 Å². The molecule has 0 aromatic heterocycles. The van der Waals surface area contributed by atoms with Crippen LogP contribution in [0.5, 0.6) is 0 Å². The van der Waals surface area contributed by atoms with Crippen molar-refractivity contribution in [2.24, 2.45) is 5.92 Å². The van der Waals surface area contributed by atoms with E-state index >= 15 is 0 Å². The second kappa shape index (κ2) is 9.94. The van der Waals surface area contributed by atoms with Crippen LogP contribution in [0.1, 0.15) is 38.7 Å². The van der Waals surface area contributed by atoms with Crippen LogP contribution in [-0.2, 0) is 9.59 Å². The topological polar surface area (TPSA) is 90.5 Å². The number of amides is 4. The molecule has 1 aliphatic rings. The maximum atomic E-state index is 12.1. The second-order valence-electron chi connectivity index (χ2n) is 7.50. The van der Waals surface area contributed by atoms with E-state index in [1.54, 1.807) is 6.07 Å². The molecule has 0 atom stereocenters. The molecule has 0 saturated carbocycles. The third-order valence-corrected chi connectivity index (χ3v) is 4.48. The van der Waals surface area contributed by atoms with Gasteiger partial charge in [-0.15, -0.1) is 0 Å². The Balaban J connectivity index is 1.66. The number of piperidine rings is 1. The molecular weight excluding hydrogens is 344 g/mol. The Labute approximate surface area is 160 Å². The van der Waals surface area contributed by atoms with Crippen molar-refractivity contribution in [1.29, 1.82) is 0 Å². The van der Waals surface area contributed by atoms with Crippen molar-refractivity contribution >= 4 is 23.5 Å². The number of nitrogens with one attached hydrogen (secondary N) is 3. The predicted molar refractivity (Wildman–Crippen MR) is 105 cm³/mol. The summed E-state index contributed by atoms with van der Waals surface area (Å²) in [5.74, 6) is 0.317. The molecule has 148 valence electrons. The number of anilines is 1. The van der Waals surface area contributed by atoms with Crippen molar-refractivity contribution in [1.82, 2.24) is 15.5 Å². The monoisotopic (exact) mass is 374 g/mol. The van der Waals surface area contributed by atoms with Gasteiger partial charge in [0.1, 0.15) is 0 Å². The van der Waals surface area contributed by atoms with Crippen LogP contribution in [0.15, 0.2) is 24.3 Å². The molecule has 7 heteroatoms. The molecule has 3 N–H and O–H groups in total. The van der Waals surface area contributed by atoms with Gasteiger partial charge in [0.25, 0.3) is 0 Å². The number of hydrogen-bond donors (Lipinski definition) is 3. The third-order valence-electron chi connectivity index (χ3n) is 4.48. The minimum atomic E-state index is -0.412. The van der Waals surface area contributed by atoms with Crippen LogP contribution in [-0.4, -0.2) is 48.4 Å². The van der Waals surface area contributed by atoms with Crippen molar-refractivity contribution in [2.45, 2.75) is 46.1 Å². The van der Waals surface area contributed by atoms with E-state index in [1.807, 2.05) is 43.9 Å². The van der Waals surface area contributed by atoms with Crippen molar-refractivity contribution < 1.29 is 14.4 Å². The van der Waals surface area contributed by atoms with E-state index in [2.05, 4.69) is 16.0 Å². The number of likely N-dealkylation sites (tertiary alicyclic amines) is 1. The summed E-state index contributed by atoms with van der Waals surface area (Å²) in [6, 6.07) is 7.08. The largest absolute Gasteiger partial charge is 0.352 e. The molecule has 1 aliphatic heterocycles. The molecular formula is C20H30N4O3. The highest BCUT2D eigenvalue weighted by Gasteiger charge is 2.24. The smallest absolute Gasteiger partial charge is 0.319 e. The Morgan fingerprint density at radius 2 is 1.89 bits per heavy atom. The number of carbonyl (C=O) groups excluding carboxylic acids is 3. The number of carbonyl (C=O) groups is 3. The average Bonchev–Trinajstić information content (AvgIpc) is 2.60. The van der Waals surface area contributed by atoms with E-state index < -0.39 is 6.03 Å². The molecule has 0 aliphatic carbocycles. The quantitative estimate of drug-likeness (QED) is 0.713. The maximum Gasteiger partial charge on any atom is 0.319 e. The van der Waals surface area contributed by atoms with Gasteiger partial charge in [-0.05, 0) is 43.4 Å². The van der Waals surface area contributed by atoms with Crippen LogP contribution >= 0.6 is 0 Å². The predicted octanol–water partition coefficient (Wildman–Crippen LogP) is 2.27. The summed E-state index contributed by atoms with van der Waals surface area (Å²) in [7, 11) is 0. The summed E-state index contributed by atoms with van der Waals surface area (Å²) < 4.78 is 0. The highest BCUT2D eigenvalue weighted by atomic mass is 16.2. The molecule has 0 unspecified atom stereocenters. The molecule has 1 aromatic carbocycles. The lowest BCUT2D eigenvalue weighted by atomic mass is 10.0. The first-order valence-corrected chi connectivity index (χ1v) is 9.52. The van der Waals surface area contributed by atoms with Gasteiger partial charge in [0.15, 0.2) is 0 Å². The van der Waals surface area contributed by atoms with Gasteiger partial charge in [-0.25, -0.2) is 4.79 Å². The Bertz CT molecular complexity index is 667. The highest BCUT2D eigenvalue weighted by Crippen LogP contribution is 2.13. The highest BCUT2D eigenvalue weighted by molar-refractivity contribution is 5.92. The summed E-state index contributed by atoms with van der Waals surface area (Å²) >= 11 is 0. The normalized spacial score (nSPS) is 14.7. The molecule has 2 rings (SSSR count). The average molecular weight is 374 g/mol. The van der Waals surface area contributed by atoms with Crippen molar-refractivity contribution in [3.05, 3.63) is 29.8 Å². The minimum absolute atomic E-state index is 0.0437. The standard InChI is InChI=1S/C20H30N4O3/c1-14(2)11-19(26)24-9-7-16(8-10-24)22-18(25)13-21-20(27)23-17-6-4-5-15(3)12-17/h4-6,12,14,16H,7-11,13H2,1-3H3,(H,22,25)(H2,21,23,27). The number of urea groups is 1. The zero-order valence-corrected chi connectivity index (χ0v) is 16.4. The fourth-order valence-electron chi connectivity index (χ4n) is 3.09. The number of rotatable bonds is 6. The Morgan fingerprint density at radius 3 is 2.52 bits per heavy atom. The molecule has 1 fully saturated rings. The summed E-state index contributed by atoms with van der Waals surface area (Å²) in [4.78, 5) is 37.9. The van der Waals surface area contributed by atoms with Gasteiger partial charge in [0.05, 0.1) is 6.54 Å². The van der Waals surface area contributed by atoms with Crippen LogP contribution in [0.2, 0.25) is 0 Å². The number of nitrogens with zero attached hydrogens (tertiary/aromatic N) is 1. The van der Waals surface area contributed by atoms with Gasteiger partial charge < -0.3 is 20.9 Å². The fraction of sp³-hybridized carbons (Fsp3) is 0.550. The Morgan fingerprint density at radius 1 is 1.19 bits per heavy atom. The lowest BCUT2D eigenvalue weighted by Gasteiger charge is -2.32. The molecule has 0 spiro atoms. The van der Waals surface area contributed by atoms with Gasteiger partial charge in [0, 0.05) is 31.2 Å². The summed E-state index contributed by atoms with van der Waals surface area (Å²) in [5.41, 5.74) is 1.73. The van der Waals surface area contributed by atoms with Gasteiger partial charge in [-0.2, -0.15) is 0 Å². The van der Waals surface area contributed by atoms with Crippen LogP contribution in [0.3, 0.4) is 0 Å². The lowest BCUT2D eigenvalue weighted by molar-refractivity contribution is -0.133. The number of benzene rings is 1. The van der Waals surface area contributed by atoms with E-state index in [-0.39, 0.29) is 24.4 Å². The molecule has 1 saturated heterocycles. The molecule has 1 heterocycles.